The molecule has 0 aliphatic heterocycles. The lowest BCUT2D eigenvalue weighted by Crippen LogP contribution is -2.22. The van der Waals surface area contributed by atoms with Gasteiger partial charge in [-0.3, -0.25) is 4.79 Å². The quantitative estimate of drug-likeness (QED) is 0.910. The molecule has 0 atom stereocenters. The Balaban J connectivity index is 1.98. The third-order valence-corrected chi connectivity index (χ3v) is 3.07. The third kappa shape index (κ3) is 4.22. The highest BCUT2D eigenvalue weighted by atomic mass is 16.5. The Morgan fingerprint density at radius 1 is 1.23 bits per heavy atom. The summed E-state index contributed by atoms with van der Waals surface area (Å²) in [4.78, 5) is 15.8. The molecule has 5 nitrogen and oxygen atoms in total. The van der Waals surface area contributed by atoms with E-state index in [1.54, 1.807) is 0 Å². The van der Waals surface area contributed by atoms with E-state index < -0.39 is 0 Å². The van der Waals surface area contributed by atoms with Crippen LogP contribution in [-0.4, -0.2) is 22.6 Å². The number of carbonyl (C=O) groups excluding carboxylic acids is 1. The number of aromatic nitrogens is 1. The SMILES string of the molecule is CC(C)(C)c1ccccc1OCC(=O)Nc1ccc(O)cn1. The van der Waals surface area contributed by atoms with Crippen molar-refractivity contribution in [2.75, 3.05) is 11.9 Å². The summed E-state index contributed by atoms with van der Waals surface area (Å²) in [6.07, 6.45) is 1.27. The van der Waals surface area contributed by atoms with E-state index in [0.29, 0.717) is 11.6 Å². The second-order valence-electron chi connectivity index (χ2n) is 5.98. The number of nitrogens with zero attached hydrogens (tertiary/aromatic N) is 1. The topological polar surface area (TPSA) is 71.5 Å². The summed E-state index contributed by atoms with van der Waals surface area (Å²) >= 11 is 0. The first-order valence-electron chi connectivity index (χ1n) is 7.03. The largest absolute Gasteiger partial charge is 0.506 e. The summed E-state index contributed by atoms with van der Waals surface area (Å²) in [5.74, 6) is 0.814. The molecule has 0 saturated heterocycles. The fraction of sp³-hybridized carbons (Fsp3) is 0.294. The Morgan fingerprint density at radius 2 is 1.95 bits per heavy atom. The van der Waals surface area contributed by atoms with Gasteiger partial charge in [0.05, 0.1) is 6.20 Å². The van der Waals surface area contributed by atoms with Gasteiger partial charge in [-0.1, -0.05) is 39.0 Å². The highest BCUT2D eigenvalue weighted by Gasteiger charge is 2.18. The Morgan fingerprint density at radius 3 is 2.59 bits per heavy atom. The van der Waals surface area contributed by atoms with Gasteiger partial charge < -0.3 is 15.2 Å². The van der Waals surface area contributed by atoms with Gasteiger partial charge >= 0.3 is 0 Å². The van der Waals surface area contributed by atoms with Crippen LogP contribution < -0.4 is 10.1 Å². The van der Waals surface area contributed by atoms with Crippen molar-refractivity contribution in [2.24, 2.45) is 0 Å². The molecular weight excluding hydrogens is 280 g/mol. The second-order valence-corrected chi connectivity index (χ2v) is 5.98. The number of amides is 1. The molecule has 5 heteroatoms. The molecule has 116 valence electrons. The Bertz CT molecular complexity index is 646. The lowest BCUT2D eigenvalue weighted by Gasteiger charge is -2.22. The highest BCUT2D eigenvalue weighted by Crippen LogP contribution is 2.30. The van der Waals surface area contributed by atoms with E-state index in [4.69, 9.17) is 9.84 Å². The predicted molar refractivity (Wildman–Crippen MR) is 85.2 cm³/mol. The number of nitrogens with one attached hydrogen (secondary N) is 1. The van der Waals surface area contributed by atoms with Crippen molar-refractivity contribution in [3.05, 3.63) is 48.2 Å². The van der Waals surface area contributed by atoms with E-state index in [1.165, 1.54) is 18.3 Å². The van der Waals surface area contributed by atoms with Crippen LogP contribution in [0.2, 0.25) is 0 Å². The zero-order chi connectivity index (χ0) is 16.2. The Kier molecular flexibility index (Phi) is 4.65. The predicted octanol–water partition coefficient (Wildman–Crippen LogP) is 3.10. The van der Waals surface area contributed by atoms with Crippen molar-refractivity contribution in [3.63, 3.8) is 0 Å². The lowest BCUT2D eigenvalue weighted by atomic mass is 9.86. The van der Waals surface area contributed by atoms with Crippen LogP contribution in [0.25, 0.3) is 0 Å². The summed E-state index contributed by atoms with van der Waals surface area (Å²) in [6.45, 7) is 6.18. The van der Waals surface area contributed by atoms with Gasteiger partial charge in [0.15, 0.2) is 6.61 Å². The number of hydrogen-bond donors (Lipinski definition) is 2. The number of anilines is 1. The van der Waals surface area contributed by atoms with Crippen molar-refractivity contribution < 1.29 is 14.6 Å². The van der Waals surface area contributed by atoms with Crippen molar-refractivity contribution >= 4 is 11.7 Å². The number of pyridine rings is 1. The fourth-order valence-corrected chi connectivity index (χ4v) is 1.99. The minimum absolute atomic E-state index is 0.0494. The maximum absolute atomic E-state index is 11.9. The molecular formula is C17H20N2O3. The van der Waals surface area contributed by atoms with Crippen molar-refractivity contribution in [1.29, 1.82) is 0 Å². The highest BCUT2D eigenvalue weighted by molar-refractivity contribution is 5.90. The number of aromatic hydroxyl groups is 1. The number of carbonyl (C=O) groups is 1. The van der Waals surface area contributed by atoms with Crippen LogP contribution in [0.1, 0.15) is 26.3 Å². The standard InChI is InChI=1S/C17H20N2O3/c1-17(2,3)13-6-4-5-7-14(13)22-11-16(21)19-15-9-8-12(20)10-18-15/h4-10,20H,11H2,1-3H3,(H,18,19,21). The average molecular weight is 300 g/mol. The number of rotatable bonds is 4. The van der Waals surface area contributed by atoms with Gasteiger partial charge in [0.25, 0.3) is 5.91 Å². The zero-order valence-electron chi connectivity index (χ0n) is 13.0. The first-order chi connectivity index (χ1) is 10.4. The number of benzene rings is 1. The van der Waals surface area contributed by atoms with E-state index in [2.05, 4.69) is 31.1 Å². The van der Waals surface area contributed by atoms with Crippen molar-refractivity contribution in [2.45, 2.75) is 26.2 Å². The molecule has 0 unspecified atom stereocenters. The normalized spacial score (nSPS) is 11.0. The van der Waals surface area contributed by atoms with Crippen molar-refractivity contribution in [1.82, 2.24) is 4.98 Å². The molecule has 0 spiro atoms. The minimum atomic E-state index is -0.304. The van der Waals surface area contributed by atoms with E-state index in [1.807, 2.05) is 24.3 Å². The first-order valence-corrected chi connectivity index (χ1v) is 7.03. The molecule has 22 heavy (non-hydrogen) atoms. The van der Waals surface area contributed by atoms with Crippen molar-refractivity contribution in [3.8, 4) is 11.5 Å². The van der Waals surface area contributed by atoms with Gasteiger partial charge in [0, 0.05) is 0 Å². The molecule has 2 aromatic rings. The molecule has 0 radical (unpaired) electrons. The molecule has 0 aliphatic carbocycles. The van der Waals surface area contributed by atoms with Gasteiger partial charge in [0.2, 0.25) is 0 Å². The van der Waals surface area contributed by atoms with Crippen LogP contribution >= 0.6 is 0 Å². The lowest BCUT2D eigenvalue weighted by molar-refractivity contribution is -0.118. The van der Waals surface area contributed by atoms with Crippen LogP contribution in [0.4, 0.5) is 5.82 Å². The van der Waals surface area contributed by atoms with Gasteiger partial charge in [-0.15, -0.1) is 0 Å². The monoisotopic (exact) mass is 300 g/mol. The van der Waals surface area contributed by atoms with Crippen LogP contribution in [0.3, 0.4) is 0 Å². The first kappa shape index (κ1) is 15.8. The van der Waals surface area contributed by atoms with Crippen LogP contribution in [-0.2, 0) is 10.2 Å². The molecule has 1 aromatic carbocycles. The van der Waals surface area contributed by atoms with Gasteiger partial charge in [-0.2, -0.15) is 0 Å². The van der Waals surface area contributed by atoms with E-state index in [0.717, 1.165) is 5.56 Å². The maximum atomic E-state index is 11.9. The summed E-state index contributed by atoms with van der Waals surface area (Å²) in [5, 5.41) is 11.8. The molecule has 0 bridgehead atoms. The second kappa shape index (κ2) is 6.47. The fourth-order valence-electron chi connectivity index (χ4n) is 1.99. The van der Waals surface area contributed by atoms with Gasteiger partial charge in [0.1, 0.15) is 17.3 Å². The summed E-state index contributed by atoms with van der Waals surface area (Å²) in [6, 6.07) is 10.7. The van der Waals surface area contributed by atoms with E-state index in [9.17, 15) is 4.79 Å². The number of ether oxygens (including phenoxy) is 1. The molecule has 2 N–H and O–H groups in total. The molecule has 1 amide bonds. The Labute approximate surface area is 130 Å². The van der Waals surface area contributed by atoms with Crippen LogP contribution in [0.15, 0.2) is 42.6 Å². The number of para-hydroxylation sites is 1. The zero-order valence-corrected chi connectivity index (χ0v) is 13.0. The molecule has 1 aromatic heterocycles. The molecule has 2 rings (SSSR count). The maximum Gasteiger partial charge on any atom is 0.263 e. The molecule has 0 aliphatic rings. The smallest absolute Gasteiger partial charge is 0.263 e. The summed E-state index contributed by atoms with van der Waals surface area (Å²) in [7, 11) is 0. The van der Waals surface area contributed by atoms with Crippen LogP contribution in [0, 0.1) is 0 Å². The average Bonchev–Trinajstić information content (AvgIpc) is 2.47. The summed E-state index contributed by atoms with van der Waals surface area (Å²) < 4.78 is 5.63. The minimum Gasteiger partial charge on any atom is -0.506 e. The summed E-state index contributed by atoms with van der Waals surface area (Å²) in [5.41, 5.74) is 0.983. The van der Waals surface area contributed by atoms with Gasteiger partial charge in [-0.05, 0) is 29.2 Å². The third-order valence-electron chi connectivity index (χ3n) is 3.07. The van der Waals surface area contributed by atoms with E-state index >= 15 is 0 Å². The molecule has 0 saturated carbocycles. The molecule has 0 fully saturated rings. The van der Waals surface area contributed by atoms with Crippen LogP contribution in [0.5, 0.6) is 11.5 Å². The Hall–Kier alpha value is -2.56. The number of hydrogen-bond acceptors (Lipinski definition) is 4. The van der Waals surface area contributed by atoms with Gasteiger partial charge in [-0.25, -0.2) is 4.98 Å². The molecule has 1 heterocycles. The van der Waals surface area contributed by atoms with E-state index in [-0.39, 0.29) is 23.7 Å².